The number of halogens is 1. The van der Waals surface area contributed by atoms with E-state index in [1.54, 1.807) is 6.20 Å². The fourth-order valence-electron chi connectivity index (χ4n) is 1.34. The summed E-state index contributed by atoms with van der Waals surface area (Å²) >= 11 is 0. The van der Waals surface area contributed by atoms with Gasteiger partial charge in [-0.3, -0.25) is 10.1 Å². The summed E-state index contributed by atoms with van der Waals surface area (Å²) < 4.78 is 12.9. The molecule has 0 aliphatic carbocycles. The molecule has 2 aromatic heterocycles. The van der Waals surface area contributed by atoms with Crippen LogP contribution in [0.2, 0.25) is 0 Å². The number of aromatic amines is 1. The molecule has 0 fully saturated rings. The standard InChI is InChI=1S/C10H11FN4/c1-12-6-9-3-10(15-14-9)7-2-8(11)5-13-4-7/h2-5,12H,6H2,1H3,(H,14,15). The van der Waals surface area contributed by atoms with Crippen LogP contribution in [0, 0.1) is 5.82 Å². The van der Waals surface area contributed by atoms with Crippen molar-refractivity contribution in [1.29, 1.82) is 0 Å². The molecule has 0 unspecified atom stereocenters. The lowest BCUT2D eigenvalue weighted by Crippen LogP contribution is -2.04. The molecular formula is C10H11FN4. The summed E-state index contributed by atoms with van der Waals surface area (Å²) in [6, 6.07) is 3.28. The molecule has 2 N–H and O–H groups in total. The Hall–Kier alpha value is -1.75. The van der Waals surface area contributed by atoms with Crippen molar-refractivity contribution in [3.05, 3.63) is 36.0 Å². The Morgan fingerprint density at radius 1 is 1.40 bits per heavy atom. The third-order valence-electron chi connectivity index (χ3n) is 2.00. The van der Waals surface area contributed by atoms with E-state index in [1.807, 2.05) is 13.1 Å². The van der Waals surface area contributed by atoms with Gasteiger partial charge in [-0.15, -0.1) is 0 Å². The zero-order valence-electron chi connectivity index (χ0n) is 8.29. The van der Waals surface area contributed by atoms with E-state index >= 15 is 0 Å². The van der Waals surface area contributed by atoms with Crippen LogP contribution in [0.4, 0.5) is 4.39 Å². The van der Waals surface area contributed by atoms with E-state index < -0.39 is 0 Å². The first-order chi connectivity index (χ1) is 7.29. The van der Waals surface area contributed by atoms with Crippen molar-refractivity contribution < 1.29 is 4.39 Å². The lowest BCUT2D eigenvalue weighted by molar-refractivity contribution is 0.622. The van der Waals surface area contributed by atoms with Crippen LogP contribution in [0.1, 0.15) is 5.69 Å². The number of nitrogens with zero attached hydrogens (tertiary/aromatic N) is 2. The molecule has 2 aromatic rings. The van der Waals surface area contributed by atoms with Gasteiger partial charge in [0, 0.05) is 24.0 Å². The molecule has 2 heterocycles. The predicted molar refractivity (Wildman–Crippen MR) is 54.5 cm³/mol. The van der Waals surface area contributed by atoms with E-state index in [-0.39, 0.29) is 5.82 Å². The molecular weight excluding hydrogens is 195 g/mol. The topological polar surface area (TPSA) is 53.6 Å². The SMILES string of the molecule is CNCc1cc(-c2cncc(F)c2)n[nH]1. The highest BCUT2D eigenvalue weighted by atomic mass is 19.1. The van der Waals surface area contributed by atoms with E-state index in [4.69, 9.17) is 0 Å². The van der Waals surface area contributed by atoms with E-state index in [1.165, 1.54) is 12.3 Å². The Balaban J connectivity index is 2.29. The smallest absolute Gasteiger partial charge is 0.142 e. The normalized spacial score (nSPS) is 10.5. The second-order valence-corrected chi connectivity index (χ2v) is 3.20. The number of hydrogen-bond donors (Lipinski definition) is 2. The minimum Gasteiger partial charge on any atom is -0.314 e. The first-order valence-corrected chi connectivity index (χ1v) is 4.59. The molecule has 0 spiro atoms. The number of nitrogens with one attached hydrogen (secondary N) is 2. The summed E-state index contributed by atoms with van der Waals surface area (Å²) in [4.78, 5) is 3.77. The summed E-state index contributed by atoms with van der Waals surface area (Å²) in [6.07, 6.45) is 2.76. The average Bonchev–Trinajstić information content (AvgIpc) is 2.67. The van der Waals surface area contributed by atoms with Gasteiger partial charge in [0.2, 0.25) is 0 Å². The Bertz CT molecular complexity index is 452. The molecule has 78 valence electrons. The molecule has 5 heteroatoms. The molecule has 0 atom stereocenters. The Labute approximate surface area is 86.6 Å². The van der Waals surface area contributed by atoms with E-state index in [0.717, 1.165) is 5.69 Å². The molecule has 0 bridgehead atoms. The summed E-state index contributed by atoms with van der Waals surface area (Å²) in [5, 5.41) is 9.94. The van der Waals surface area contributed by atoms with Gasteiger partial charge in [0.25, 0.3) is 0 Å². The Kier molecular flexibility index (Phi) is 2.73. The predicted octanol–water partition coefficient (Wildman–Crippen LogP) is 1.33. The summed E-state index contributed by atoms with van der Waals surface area (Å²) in [7, 11) is 1.85. The molecule has 0 amide bonds. The van der Waals surface area contributed by atoms with Gasteiger partial charge >= 0.3 is 0 Å². The quantitative estimate of drug-likeness (QED) is 0.796. The van der Waals surface area contributed by atoms with Crippen LogP contribution in [-0.4, -0.2) is 22.2 Å². The van der Waals surface area contributed by atoms with Gasteiger partial charge in [0.05, 0.1) is 11.9 Å². The Morgan fingerprint density at radius 2 is 2.27 bits per heavy atom. The molecule has 2 rings (SSSR count). The van der Waals surface area contributed by atoms with Crippen LogP contribution < -0.4 is 5.32 Å². The molecule has 0 saturated carbocycles. The molecule has 0 saturated heterocycles. The van der Waals surface area contributed by atoms with Crippen molar-refractivity contribution in [2.45, 2.75) is 6.54 Å². The lowest BCUT2D eigenvalue weighted by atomic mass is 10.2. The average molecular weight is 206 g/mol. The van der Waals surface area contributed by atoms with Crippen molar-refractivity contribution in [2.75, 3.05) is 7.05 Å². The minimum absolute atomic E-state index is 0.356. The van der Waals surface area contributed by atoms with Crippen LogP contribution in [0.15, 0.2) is 24.5 Å². The molecule has 15 heavy (non-hydrogen) atoms. The van der Waals surface area contributed by atoms with Gasteiger partial charge in [-0.25, -0.2) is 4.39 Å². The Morgan fingerprint density at radius 3 is 3.00 bits per heavy atom. The fourth-order valence-corrected chi connectivity index (χ4v) is 1.34. The first kappa shape index (κ1) is 9.79. The van der Waals surface area contributed by atoms with E-state index in [9.17, 15) is 4.39 Å². The van der Waals surface area contributed by atoms with Crippen LogP contribution in [0.3, 0.4) is 0 Å². The van der Waals surface area contributed by atoms with Crippen molar-refractivity contribution in [3.8, 4) is 11.3 Å². The summed E-state index contributed by atoms with van der Waals surface area (Å²) in [5.41, 5.74) is 2.33. The van der Waals surface area contributed by atoms with Crippen LogP contribution >= 0.6 is 0 Å². The largest absolute Gasteiger partial charge is 0.314 e. The highest BCUT2D eigenvalue weighted by molar-refractivity contribution is 5.57. The third kappa shape index (κ3) is 2.19. The number of rotatable bonds is 3. The number of hydrogen-bond acceptors (Lipinski definition) is 3. The van der Waals surface area contributed by atoms with Crippen molar-refractivity contribution in [1.82, 2.24) is 20.5 Å². The maximum absolute atomic E-state index is 12.9. The van der Waals surface area contributed by atoms with Crippen LogP contribution in [0.25, 0.3) is 11.3 Å². The molecule has 4 nitrogen and oxygen atoms in total. The number of H-pyrrole nitrogens is 1. The van der Waals surface area contributed by atoms with Gasteiger partial charge in [0.1, 0.15) is 5.82 Å². The molecule has 0 radical (unpaired) electrons. The first-order valence-electron chi connectivity index (χ1n) is 4.59. The van der Waals surface area contributed by atoms with Gasteiger partial charge in [-0.1, -0.05) is 0 Å². The van der Waals surface area contributed by atoms with E-state index in [2.05, 4.69) is 20.5 Å². The third-order valence-corrected chi connectivity index (χ3v) is 2.00. The molecule has 0 aliphatic heterocycles. The second-order valence-electron chi connectivity index (χ2n) is 3.20. The highest BCUT2D eigenvalue weighted by Crippen LogP contribution is 2.17. The van der Waals surface area contributed by atoms with Gasteiger partial charge in [-0.05, 0) is 19.2 Å². The van der Waals surface area contributed by atoms with Crippen molar-refractivity contribution >= 4 is 0 Å². The molecule has 0 aliphatic rings. The second kappa shape index (κ2) is 4.18. The zero-order valence-corrected chi connectivity index (χ0v) is 8.29. The monoisotopic (exact) mass is 206 g/mol. The van der Waals surface area contributed by atoms with E-state index in [0.29, 0.717) is 17.8 Å². The molecule has 0 aromatic carbocycles. The minimum atomic E-state index is -0.356. The van der Waals surface area contributed by atoms with Crippen LogP contribution in [0.5, 0.6) is 0 Å². The summed E-state index contributed by atoms with van der Waals surface area (Å²) in [6.45, 7) is 0.704. The summed E-state index contributed by atoms with van der Waals surface area (Å²) in [5.74, 6) is -0.356. The van der Waals surface area contributed by atoms with Gasteiger partial charge in [0.15, 0.2) is 0 Å². The van der Waals surface area contributed by atoms with Crippen molar-refractivity contribution in [2.24, 2.45) is 0 Å². The fraction of sp³-hybridized carbons (Fsp3) is 0.200. The van der Waals surface area contributed by atoms with Crippen molar-refractivity contribution in [3.63, 3.8) is 0 Å². The number of pyridine rings is 1. The van der Waals surface area contributed by atoms with Gasteiger partial charge in [-0.2, -0.15) is 5.10 Å². The van der Waals surface area contributed by atoms with Gasteiger partial charge < -0.3 is 5.32 Å². The zero-order chi connectivity index (χ0) is 10.7. The maximum Gasteiger partial charge on any atom is 0.142 e. The maximum atomic E-state index is 12.9. The number of aromatic nitrogens is 3. The van der Waals surface area contributed by atoms with Crippen LogP contribution in [-0.2, 0) is 6.54 Å². The highest BCUT2D eigenvalue weighted by Gasteiger charge is 2.04. The lowest BCUT2D eigenvalue weighted by Gasteiger charge is -1.94.